The molecule has 0 aliphatic carbocycles. The van der Waals surface area contributed by atoms with Gasteiger partial charge in [-0.1, -0.05) is 23.8 Å². The number of aromatic amines is 1. The minimum atomic E-state index is 0.915. The number of rotatable bonds is 4. The highest BCUT2D eigenvalue weighted by atomic mass is 14.8. The summed E-state index contributed by atoms with van der Waals surface area (Å²) in [5.74, 6) is 0. The van der Waals surface area contributed by atoms with Crippen LogP contribution in [0, 0.1) is 0 Å². The van der Waals surface area contributed by atoms with Gasteiger partial charge >= 0.3 is 0 Å². The second kappa shape index (κ2) is 4.99. The van der Waals surface area contributed by atoms with E-state index in [0.29, 0.717) is 0 Å². The van der Waals surface area contributed by atoms with E-state index in [1.807, 2.05) is 6.20 Å². The molecule has 0 amide bonds. The average Bonchev–Trinajstić information content (AvgIpc) is 2.71. The van der Waals surface area contributed by atoms with E-state index in [1.165, 1.54) is 22.0 Å². The molecule has 0 spiro atoms. The molecule has 2 N–H and O–H groups in total. The van der Waals surface area contributed by atoms with Gasteiger partial charge in [-0.2, -0.15) is 0 Å². The minimum Gasteiger partial charge on any atom is -0.361 e. The lowest BCUT2D eigenvalue weighted by molar-refractivity contribution is 0.758. The van der Waals surface area contributed by atoms with Gasteiger partial charge in [0.05, 0.1) is 0 Å². The molecule has 1 heterocycles. The number of nitrogens with one attached hydrogen (secondary N) is 2. The molecule has 0 fully saturated rings. The maximum atomic E-state index is 3.40. The molecule has 0 aliphatic heterocycles. The Bertz CT molecular complexity index is 490. The Morgan fingerprint density at radius 2 is 2.19 bits per heavy atom. The number of aromatic nitrogens is 1. The van der Waals surface area contributed by atoms with Crippen molar-refractivity contribution in [1.82, 2.24) is 10.3 Å². The maximum absolute atomic E-state index is 3.40. The zero-order valence-electron chi connectivity index (χ0n) is 9.88. The third kappa shape index (κ3) is 2.74. The lowest BCUT2D eigenvalue weighted by Crippen LogP contribution is -2.12. The summed E-state index contributed by atoms with van der Waals surface area (Å²) in [5, 5.41) is 4.67. The van der Waals surface area contributed by atoms with Crippen molar-refractivity contribution in [2.75, 3.05) is 6.54 Å². The van der Waals surface area contributed by atoms with Gasteiger partial charge in [0.2, 0.25) is 0 Å². The second-order valence-corrected chi connectivity index (χ2v) is 4.31. The summed E-state index contributed by atoms with van der Waals surface area (Å²) in [6.45, 7) is 6.09. The molecule has 0 radical (unpaired) electrons. The highest BCUT2D eigenvalue weighted by Gasteiger charge is 1.96. The Morgan fingerprint density at radius 1 is 1.31 bits per heavy atom. The van der Waals surface area contributed by atoms with Crippen molar-refractivity contribution in [3.63, 3.8) is 0 Å². The summed E-state index contributed by atoms with van der Waals surface area (Å²) in [7, 11) is 0. The van der Waals surface area contributed by atoms with Crippen molar-refractivity contribution in [3.05, 3.63) is 47.7 Å². The molecular formula is C14H18N2. The van der Waals surface area contributed by atoms with Gasteiger partial charge in [0.25, 0.3) is 0 Å². The molecule has 16 heavy (non-hydrogen) atoms. The molecule has 2 aromatic rings. The Morgan fingerprint density at radius 3 is 3.00 bits per heavy atom. The summed E-state index contributed by atoms with van der Waals surface area (Å²) >= 11 is 0. The van der Waals surface area contributed by atoms with Gasteiger partial charge in [-0.15, -0.1) is 0 Å². The van der Waals surface area contributed by atoms with Gasteiger partial charge in [-0.3, -0.25) is 0 Å². The molecule has 84 valence electrons. The second-order valence-electron chi connectivity index (χ2n) is 4.31. The number of benzene rings is 1. The van der Waals surface area contributed by atoms with Crippen LogP contribution < -0.4 is 5.32 Å². The minimum absolute atomic E-state index is 0.915. The highest BCUT2D eigenvalue weighted by Crippen LogP contribution is 2.13. The fourth-order valence-electron chi connectivity index (χ4n) is 1.70. The molecule has 2 heteroatoms. The quantitative estimate of drug-likeness (QED) is 0.593. The zero-order valence-corrected chi connectivity index (χ0v) is 9.88. The van der Waals surface area contributed by atoms with Crippen molar-refractivity contribution in [2.45, 2.75) is 20.4 Å². The molecule has 0 bridgehead atoms. The van der Waals surface area contributed by atoms with E-state index in [2.05, 4.69) is 54.5 Å². The molecular weight excluding hydrogens is 196 g/mol. The predicted molar refractivity (Wildman–Crippen MR) is 69.4 cm³/mol. The largest absolute Gasteiger partial charge is 0.361 e. The third-order valence-corrected chi connectivity index (χ3v) is 2.60. The van der Waals surface area contributed by atoms with Crippen LogP contribution in [0.25, 0.3) is 10.9 Å². The van der Waals surface area contributed by atoms with Gasteiger partial charge < -0.3 is 10.3 Å². The number of hydrogen-bond acceptors (Lipinski definition) is 1. The van der Waals surface area contributed by atoms with Crippen LogP contribution in [-0.4, -0.2) is 11.5 Å². The van der Waals surface area contributed by atoms with E-state index in [1.54, 1.807) is 0 Å². The van der Waals surface area contributed by atoms with Crippen LogP contribution in [0.15, 0.2) is 42.1 Å². The first-order chi connectivity index (χ1) is 7.75. The molecule has 0 unspecified atom stereocenters. The van der Waals surface area contributed by atoms with E-state index in [9.17, 15) is 0 Å². The van der Waals surface area contributed by atoms with Crippen LogP contribution in [-0.2, 0) is 6.54 Å². The van der Waals surface area contributed by atoms with Crippen LogP contribution in [0.4, 0.5) is 0 Å². The zero-order chi connectivity index (χ0) is 11.4. The topological polar surface area (TPSA) is 27.8 Å². The summed E-state index contributed by atoms with van der Waals surface area (Å²) in [6, 6.07) is 8.62. The average molecular weight is 214 g/mol. The lowest BCUT2D eigenvalue weighted by atomic mass is 10.1. The standard InChI is InChI=1S/C14H18N2/c1-11(2)5-7-15-10-12-3-4-13-6-8-16-14(13)9-12/h3-6,8-9,15-16H,7,10H2,1-2H3. The summed E-state index contributed by atoms with van der Waals surface area (Å²) < 4.78 is 0. The first kappa shape index (κ1) is 11.0. The first-order valence-corrected chi connectivity index (χ1v) is 5.66. The van der Waals surface area contributed by atoms with Crippen LogP contribution in [0.5, 0.6) is 0 Å². The van der Waals surface area contributed by atoms with Gasteiger partial charge in [0.15, 0.2) is 0 Å². The highest BCUT2D eigenvalue weighted by molar-refractivity contribution is 5.79. The molecule has 0 aliphatic rings. The Kier molecular flexibility index (Phi) is 3.42. The lowest BCUT2D eigenvalue weighted by Gasteiger charge is -2.02. The van der Waals surface area contributed by atoms with E-state index >= 15 is 0 Å². The van der Waals surface area contributed by atoms with Crippen LogP contribution >= 0.6 is 0 Å². The first-order valence-electron chi connectivity index (χ1n) is 5.66. The maximum Gasteiger partial charge on any atom is 0.0457 e. The molecule has 2 nitrogen and oxygen atoms in total. The molecule has 0 saturated heterocycles. The molecule has 2 rings (SSSR count). The van der Waals surface area contributed by atoms with Crippen molar-refractivity contribution >= 4 is 10.9 Å². The number of H-pyrrole nitrogens is 1. The fraction of sp³-hybridized carbons (Fsp3) is 0.286. The smallest absolute Gasteiger partial charge is 0.0457 e. The summed E-state index contributed by atoms with van der Waals surface area (Å²) in [4.78, 5) is 3.23. The molecule has 0 atom stereocenters. The van der Waals surface area contributed by atoms with E-state index in [-0.39, 0.29) is 0 Å². The van der Waals surface area contributed by atoms with Crippen LogP contribution in [0.2, 0.25) is 0 Å². The van der Waals surface area contributed by atoms with Crippen molar-refractivity contribution in [1.29, 1.82) is 0 Å². The Balaban J connectivity index is 1.96. The van der Waals surface area contributed by atoms with Gasteiger partial charge in [-0.25, -0.2) is 0 Å². The predicted octanol–water partition coefficient (Wildman–Crippen LogP) is 3.22. The Hall–Kier alpha value is -1.54. The SMILES string of the molecule is CC(C)=CCNCc1ccc2cc[nH]c2c1. The monoisotopic (exact) mass is 214 g/mol. The molecule has 0 saturated carbocycles. The van der Waals surface area contributed by atoms with Crippen LogP contribution in [0.1, 0.15) is 19.4 Å². The third-order valence-electron chi connectivity index (χ3n) is 2.60. The molecule has 1 aromatic carbocycles. The number of hydrogen-bond donors (Lipinski definition) is 2. The van der Waals surface area contributed by atoms with Crippen molar-refractivity contribution < 1.29 is 0 Å². The van der Waals surface area contributed by atoms with E-state index in [4.69, 9.17) is 0 Å². The van der Waals surface area contributed by atoms with Gasteiger partial charge in [0, 0.05) is 24.8 Å². The normalized spacial score (nSPS) is 10.6. The van der Waals surface area contributed by atoms with Crippen LogP contribution in [0.3, 0.4) is 0 Å². The van der Waals surface area contributed by atoms with E-state index < -0.39 is 0 Å². The van der Waals surface area contributed by atoms with Gasteiger partial charge in [0.1, 0.15) is 0 Å². The summed E-state index contributed by atoms with van der Waals surface area (Å²) in [6.07, 6.45) is 4.18. The Labute approximate surface area is 96.4 Å². The summed E-state index contributed by atoms with van der Waals surface area (Å²) in [5.41, 5.74) is 3.88. The van der Waals surface area contributed by atoms with Crippen molar-refractivity contribution in [2.24, 2.45) is 0 Å². The number of fused-ring (bicyclic) bond motifs is 1. The van der Waals surface area contributed by atoms with Gasteiger partial charge in [-0.05, 0) is 36.9 Å². The number of allylic oxidation sites excluding steroid dienone is 1. The van der Waals surface area contributed by atoms with Crippen molar-refractivity contribution in [3.8, 4) is 0 Å². The fourth-order valence-corrected chi connectivity index (χ4v) is 1.70. The van der Waals surface area contributed by atoms with E-state index in [0.717, 1.165) is 13.1 Å². The molecule has 1 aromatic heterocycles.